The van der Waals surface area contributed by atoms with E-state index in [0.717, 1.165) is 17.4 Å². The number of hydrogen-bond acceptors (Lipinski definition) is 6. The lowest BCUT2D eigenvalue weighted by atomic mass is 10.1. The van der Waals surface area contributed by atoms with Crippen molar-refractivity contribution in [1.82, 2.24) is 4.98 Å². The zero-order valence-corrected chi connectivity index (χ0v) is 15.5. The molecule has 3 rings (SSSR count). The zero-order chi connectivity index (χ0) is 20.4. The van der Waals surface area contributed by atoms with Crippen molar-refractivity contribution in [2.24, 2.45) is 5.73 Å². The van der Waals surface area contributed by atoms with Crippen molar-refractivity contribution < 1.29 is 18.4 Å². The number of nitrogen functional groups attached to an aromatic ring is 1. The molecular formula is C19H16F2N4O2S. The predicted octanol–water partition coefficient (Wildman–Crippen LogP) is 3.25. The number of rotatable bonds is 6. The Kier molecular flexibility index (Phi) is 5.36. The maximum Gasteiger partial charge on any atom is 0.240 e. The fourth-order valence-electron chi connectivity index (χ4n) is 2.59. The van der Waals surface area contributed by atoms with Crippen LogP contribution < -0.4 is 16.4 Å². The lowest BCUT2D eigenvalue weighted by molar-refractivity contribution is -0.118. The van der Waals surface area contributed by atoms with Gasteiger partial charge in [0.15, 0.2) is 5.13 Å². The minimum atomic E-state index is -1.02. The highest BCUT2D eigenvalue weighted by molar-refractivity contribution is 7.18. The molecule has 0 aliphatic heterocycles. The number of benzene rings is 2. The molecule has 1 atom stereocenters. The summed E-state index contributed by atoms with van der Waals surface area (Å²) in [4.78, 5) is 30.0. The van der Waals surface area contributed by atoms with E-state index < -0.39 is 23.6 Å². The van der Waals surface area contributed by atoms with Crippen molar-refractivity contribution in [3.8, 4) is 0 Å². The molecule has 0 bridgehead atoms. The Morgan fingerprint density at radius 1 is 1.14 bits per heavy atom. The molecule has 3 aromatic rings. The van der Waals surface area contributed by atoms with Crippen molar-refractivity contribution in [2.45, 2.75) is 13.0 Å². The van der Waals surface area contributed by atoms with Crippen LogP contribution in [-0.2, 0) is 4.79 Å². The smallest absolute Gasteiger partial charge is 0.240 e. The van der Waals surface area contributed by atoms with Crippen LogP contribution in [0.4, 0.5) is 25.4 Å². The largest absolute Gasteiger partial charge is 0.382 e. The van der Waals surface area contributed by atoms with Gasteiger partial charge in [0, 0.05) is 11.6 Å². The Balaban J connectivity index is 2.09. The molecule has 6 nitrogen and oxygen atoms in total. The molecule has 28 heavy (non-hydrogen) atoms. The average Bonchev–Trinajstić information content (AvgIpc) is 3.04. The summed E-state index contributed by atoms with van der Waals surface area (Å²) < 4.78 is 27.7. The highest BCUT2D eigenvalue weighted by atomic mass is 32.1. The number of anilines is 3. The standard InChI is InChI=1S/C19H16F2N4O2S/c1-10(18(23)27)25(14-8-7-12(20)9-13(14)21)19-24-17(22)16(28-19)15(26)11-5-3-2-4-6-11/h2-10H,22H2,1H3,(H2,23,27). The van der Waals surface area contributed by atoms with Crippen LogP contribution in [0.2, 0.25) is 0 Å². The molecule has 0 saturated carbocycles. The summed E-state index contributed by atoms with van der Waals surface area (Å²) in [5, 5.41) is 0.0913. The number of halogens is 2. The number of nitrogens with two attached hydrogens (primary N) is 2. The number of amides is 1. The second-order valence-corrected chi connectivity index (χ2v) is 6.93. The molecule has 0 aliphatic carbocycles. The fourth-order valence-corrected chi connectivity index (χ4v) is 3.63. The molecule has 0 spiro atoms. The number of primary amides is 1. The molecule has 0 saturated heterocycles. The third-order valence-electron chi connectivity index (χ3n) is 4.06. The molecule has 1 aromatic heterocycles. The SMILES string of the molecule is CC(C(N)=O)N(c1nc(N)c(C(=O)c2ccccc2)s1)c1ccc(F)cc1F. The molecule has 4 N–H and O–H groups in total. The molecule has 0 radical (unpaired) electrons. The Labute approximate surface area is 163 Å². The van der Waals surface area contributed by atoms with Crippen LogP contribution in [0.15, 0.2) is 48.5 Å². The molecule has 9 heteroatoms. The minimum absolute atomic E-state index is 0.0574. The van der Waals surface area contributed by atoms with Crippen LogP contribution in [0.3, 0.4) is 0 Å². The first kappa shape index (κ1) is 19.4. The van der Waals surface area contributed by atoms with E-state index in [4.69, 9.17) is 11.5 Å². The lowest BCUT2D eigenvalue weighted by Gasteiger charge is -2.27. The molecule has 2 aromatic carbocycles. The summed E-state index contributed by atoms with van der Waals surface area (Å²) in [6, 6.07) is 10.3. The third kappa shape index (κ3) is 3.70. The van der Waals surface area contributed by atoms with Gasteiger partial charge in [-0.05, 0) is 19.1 Å². The van der Waals surface area contributed by atoms with Crippen LogP contribution in [0.1, 0.15) is 22.2 Å². The number of aromatic nitrogens is 1. The van der Waals surface area contributed by atoms with Crippen LogP contribution in [0.25, 0.3) is 0 Å². The molecule has 1 unspecified atom stereocenters. The second kappa shape index (κ2) is 7.73. The summed E-state index contributed by atoms with van der Waals surface area (Å²) in [6.07, 6.45) is 0. The molecular weight excluding hydrogens is 386 g/mol. The molecule has 0 aliphatic rings. The number of carbonyl (C=O) groups is 2. The highest BCUT2D eigenvalue weighted by Gasteiger charge is 2.29. The van der Waals surface area contributed by atoms with E-state index in [-0.39, 0.29) is 27.3 Å². The number of thiazole rings is 1. The fraction of sp³-hybridized carbons (Fsp3) is 0.105. The number of nitrogens with zero attached hydrogens (tertiary/aromatic N) is 2. The second-order valence-electron chi connectivity index (χ2n) is 5.95. The van der Waals surface area contributed by atoms with Gasteiger partial charge in [0.25, 0.3) is 0 Å². The molecule has 0 fully saturated rings. The van der Waals surface area contributed by atoms with Crippen molar-refractivity contribution in [3.05, 3.63) is 70.6 Å². The van der Waals surface area contributed by atoms with Crippen LogP contribution in [-0.4, -0.2) is 22.7 Å². The van der Waals surface area contributed by atoms with Crippen molar-refractivity contribution >= 4 is 39.7 Å². The van der Waals surface area contributed by atoms with Crippen molar-refractivity contribution in [3.63, 3.8) is 0 Å². The van der Waals surface area contributed by atoms with Gasteiger partial charge in [0.1, 0.15) is 28.4 Å². The van der Waals surface area contributed by atoms with E-state index in [9.17, 15) is 18.4 Å². The van der Waals surface area contributed by atoms with Gasteiger partial charge < -0.3 is 16.4 Å². The monoisotopic (exact) mass is 402 g/mol. The topological polar surface area (TPSA) is 102 Å². The minimum Gasteiger partial charge on any atom is -0.382 e. The van der Waals surface area contributed by atoms with E-state index in [1.807, 2.05) is 0 Å². The summed E-state index contributed by atoms with van der Waals surface area (Å²) in [5.74, 6) is -2.84. The number of hydrogen-bond donors (Lipinski definition) is 2. The van der Waals surface area contributed by atoms with E-state index in [0.29, 0.717) is 11.6 Å². The first-order valence-electron chi connectivity index (χ1n) is 8.19. The summed E-state index contributed by atoms with van der Waals surface area (Å²) in [6.45, 7) is 1.45. The maximum atomic E-state index is 14.4. The Morgan fingerprint density at radius 2 is 1.82 bits per heavy atom. The van der Waals surface area contributed by atoms with E-state index in [2.05, 4.69) is 4.98 Å². The summed E-state index contributed by atoms with van der Waals surface area (Å²) in [5.41, 5.74) is 11.6. The average molecular weight is 402 g/mol. The van der Waals surface area contributed by atoms with Crippen LogP contribution in [0.5, 0.6) is 0 Å². The van der Waals surface area contributed by atoms with Gasteiger partial charge in [-0.3, -0.25) is 9.59 Å². The highest BCUT2D eigenvalue weighted by Crippen LogP contribution is 2.37. The normalized spacial score (nSPS) is 11.8. The van der Waals surface area contributed by atoms with Gasteiger partial charge in [-0.1, -0.05) is 41.7 Å². The zero-order valence-electron chi connectivity index (χ0n) is 14.7. The quantitative estimate of drug-likeness (QED) is 0.616. The molecule has 1 heterocycles. The molecule has 1 amide bonds. The summed E-state index contributed by atoms with van der Waals surface area (Å²) in [7, 11) is 0. The van der Waals surface area contributed by atoms with Gasteiger partial charge in [-0.2, -0.15) is 0 Å². The van der Waals surface area contributed by atoms with Gasteiger partial charge in [-0.25, -0.2) is 13.8 Å². The first-order chi connectivity index (χ1) is 13.3. The predicted molar refractivity (Wildman–Crippen MR) is 104 cm³/mol. The number of ketones is 1. The van der Waals surface area contributed by atoms with Crippen molar-refractivity contribution in [1.29, 1.82) is 0 Å². The lowest BCUT2D eigenvalue weighted by Crippen LogP contribution is -2.40. The van der Waals surface area contributed by atoms with Gasteiger partial charge in [0.2, 0.25) is 11.7 Å². The summed E-state index contributed by atoms with van der Waals surface area (Å²) >= 11 is 0.896. The van der Waals surface area contributed by atoms with Gasteiger partial charge >= 0.3 is 0 Å². The Morgan fingerprint density at radius 3 is 2.43 bits per heavy atom. The maximum absolute atomic E-state index is 14.4. The molecule has 144 valence electrons. The van der Waals surface area contributed by atoms with E-state index in [1.165, 1.54) is 17.9 Å². The van der Waals surface area contributed by atoms with Gasteiger partial charge in [-0.15, -0.1) is 0 Å². The van der Waals surface area contributed by atoms with Gasteiger partial charge in [0.05, 0.1) is 5.69 Å². The van der Waals surface area contributed by atoms with E-state index in [1.54, 1.807) is 30.3 Å². The Hall–Kier alpha value is -3.33. The Bertz CT molecular complexity index is 1040. The van der Waals surface area contributed by atoms with Crippen molar-refractivity contribution in [2.75, 3.05) is 10.6 Å². The van der Waals surface area contributed by atoms with Crippen LogP contribution in [0, 0.1) is 11.6 Å². The first-order valence-corrected chi connectivity index (χ1v) is 9.01. The third-order valence-corrected chi connectivity index (χ3v) is 5.13. The number of carbonyl (C=O) groups excluding carboxylic acids is 2. The van der Waals surface area contributed by atoms with Crippen LogP contribution >= 0.6 is 11.3 Å². The van der Waals surface area contributed by atoms with E-state index >= 15 is 0 Å².